The van der Waals surface area contributed by atoms with E-state index >= 15 is 0 Å². The van der Waals surface area contributed by atoms with Crippen LogP contribution in [0.5, 0.6) is 0 Å². The van der Waals surface area contributed by atoms with Gasteiger partial charge in [0, 0.05) is 28.1 Å². The summed E-state index contributed by atoms with van der Waals surface area (Å²) >= 11 is 3.48. The third kappa shape index (κ3) is 2.61. The fraction of sp³-hybridized carbons (Fsp3) is 0.333. The fourth-order valence-corrected chi connectivity index (χ4v) is 2.38. The van der Waals surface area contributed by atoms with E-state index in [1.165, 1.54) is 11.1 Å². The van der Waals surface area contributed by atoms with Gasteiger partial charge in [-0.25, -0.2) is 0 Å². The van der Waals surface area contributed by atoms with Crippen molar-refractivity contribution in [3.05, 3.63) is 45.8 Å². The van der Waals surface area contributed by atoms with Crippen LogP contribution in [0.2, 0.25) is 0 Å². The summed E-state index contributed by atoms with van der Waals surface area (Å²) in [7, 11) is 0. The highest BCUT2D eigenvalue weighted by Crippen LogP contribution is 2.27. The van der Waals surface area contributed by atoms with Gasteiger partial charge in [-0.15, -0.1) is 0 Å². The minimum atomic E-state index is 0.970. The highest BCUT2D eigenvalue weighted by Gasteiger charge is 2.10. The summed E-state index contributed by atoms with van der Waals surface area (Å²) in [4.78, 5) is 9.04. The molecule has 0 aliphatic carbocycles. The number of aryl methyl sites for hydroxylation is 3. The van der Waals surface area contributed by atoms with Gasteiger partial charge in [-0.05, 0) is 59.0 Å². The van der Waals surface area contributed by atoms with Crippen LogP contribution in [0, 0.1) is 6.92 Å². The number of halogens is 1. The molecule has 0 aromatic carbocycles. The van der Waals surface area contributed by atoms with Crippen LogP contribution in [-0.2, 0) is 12.8 Å². The maximum atomic E-state index is 4.57. The Morgan fingerprint density at radius 2 is 1.83 bits per heavy atom. The summed E-state index contributed by atoms with van der Waals surface area (Å²) in [5.74, 6) is 0. The Hall–Kier alpha value is -1.22. The van der Waals surface area contributed by atoms with Gasteiger partial charge in [0.2, 0.25) is 0 Å². The first-order chi connectivity index (χ1) is 8.65. The van der Waals surface area contributed by atoms with Crippen molar-refractivity contribution < 1.29 is 0 Å². The average Bonchev–Trinajstić information content (AvgIpc) is 2.39. The molecule has 0 N–H and O–H groups in total. The molecule has 0 amide bonds. The molecule has 0 spiro atoms. The quantitative estimate of drug-likeness (QED) is 0.843. The predicted molar refractivity (Wildman–Crippen MR) is 78.7 cm³/mol. The second kappa shape index (κ2) is 5.61. The van der Waals surface area contributed by atoms with Gasteiger partial charge >= 0.3 is 0 Å². The summed E-state index contributed by atoms with van der Waals surface area (Å²) < 4.78 is 1.03. The predicted octanol–water partition coefficient (Wildman–Crippen LogP) is 4.34. The van der Waals surface area contributed by atoms with Crippen molar-refractivity contribution in [1.29, 1.82) is 0 Å². The minimum absolute atomic E-state index is 0.970. The Morgan fingerprint density at radius 1 is 1.06 bits per heavy atom. The Kier molecular flexibility index (Phi) is 4.12. The third-order valence-corrected chi connectivity index (χ3v) is 3.55. The average molecular weight is 305 g/mol. The van der Waals surface area contributed by atoms with Crippen LogP contribution in [0.3, 0.4) is 0 Å². The first kappa shape index (κ1) is 13.2. The lowest BCUT2D eigenvalue weighted by Crippen LogP contribution is -1.97. The zero-order valence-corrected chi connectivity index (χ0v) is 12.6. The van der Waals surface area contributed by atoms with Crippen LogP contribution in [0.25, 0.3) is 11.3 Å². The summed E-state index contributed by atoms with van der Waals surface area (Å²) in [6.07, 6.45) is 5.77. The Bertz CT molecular complexity index is 564. The van der Waals surface area contributed by atoms with E-state index in [2.05, 4.69) is 51.9 Å². The van der Waals surface area contributed by atoms with Crippen molar-refractivity contribution >= 4 is 15.9 Å². The number of rotatable bonds is 3. The molecule has 0 fully saturated rings. The van der Waals surface area contributed by atoms with Crippen molar-refractivity contribution in [2.75, 3.05) is 0 Å². The lowest BCUT2D eigenvalue weighted by molar-refractivity contribution is 1.06. The van der Waals surface area contributed by atoms with Crippen molar-refractivity contribution in [3.63, 3.8) is 0 Å². The van der Waals surface area contributed by atoms with Gasteiger partial charge in [0.05, 0.1) is 5.69 Å². The number of aromatic nitrogens is 2. The molecule has 2 heterocycles. The van der Waals surface area contributed by atoms with Gasteiger partial charge in [0.1, 0.15) is 0 Å². The van der Waals surface area contributed by atoms with Crippen LogP contribution in [0.4, 0.5) is 0 Å². The normalized spacial score (nSPS) is 10.7. The Morgan fingerprint density at radius 3 is 2.50 bits per heavy atom. The Labute approximate surface area is 117 Å². The van der Waals surface area contributed by atoms with Crippen molar-refractivity contribution in [2.45, 2.75) is 33.6 Å². The second-order valence-corrected chi connectivity index (χ2v) is 5.26. The molecule has 0 atom stereocenters. The highest BCUT2D eigenvalue weighted by molar-refractivity contribution is 9.10. The first-order valence-electron chi connectivity index (χ1n) is 6.26. The Balaban J connectivity index is 2.60. The molecule has 2 aromatic heterocycles. The molecule has 18 heavy (non-hydrogen) atoms. The largest absolute Gasteiger partial charge is 0.261 e. The summed E-state index contributed by atoms with van der Waals surface area (Å²) in [6, 6.07) is 4.35. The van der Waals surface area contributed by atoms with E-state index in [-0.39, 0.29) is 0 Å². The molecule has 0 aliphatic rings. The number of pyridine rings is 2. The molecule has 0 aliphatic heterocycles. The standard InChI is InChI=1S/C15H17BrN2/c1-4-11-6-14(10(3)17-8-11)15-12(5-2)7-13(16)9-18-15/h6-9H,4-5H2,1-3H3. The SMILES string of the molecule is CCc1cnc(C)c(-c2ncc(Br)cc2CC)c1. The molecule has 0 unspecified atom stereocenters. The van der Waals surface area contributed by atoms with E-state index < -0.39 is 0 Å². The van der Waals surface area contributed by atoms with Gasteiger partial charge in [-0.3, -0.25) is 9.97 Å². The third-order valence-electron chi connectivity index (χ3n) is 3.12. The van der Waals surface area contributed by atoms with Crippen LogP contribution in [0.1, 0.15) is 30.7 Å². The zero-order valence-electron chi connectivity index (χ0n) is 11.0. The topological polar surface area (TPSA) is 25.8 Å². The van der Waals surface area contributed by atoms with E-state index in [1.54, 1.807) is 0 Å². The van der Waals surface area contributed by atoms with Crippen LogP contribution < -0.4 is 0 Å². The number of nitrogens with zero attached hydrogens (tertiary/aromatic N) is 2. The second-order valence-electron chi connectivity index (χ2n) is 4.34. The lowest BCUT2D eigenvalue weighted by Gasteiger charge is -2.11. The molecular weight excluding hydrogens is 288 g/mol. The van der Waals surface area contributed by atoms with Crippen LogP contribution in [-0.4, -0.2) is 9.97 Å². The summed E-state index contributed by atoms with van der Waals surface area (Å²) in [5.41, 5.74) is 5.75. The molecule has 94 valence electrons. The smallest absolute Gasteiger partial charge is 0.0752 e. The molecule has 2 rings (SSSR count). The molecule has 0 saturated carbocycles. The van der Waals surface area contributed by atoms with Gasteiger partial charge < -0.3 is 0 Å². The van der Waals surface area contributed by atoms with Gasteiger partial charge in [-0.2, -0.15) is 0 Å². The van der Waals surface area contributed by atoms with E-state index in [4.69, 9.17) is 0 Å². The van der Waals surface area contributed by atoms with Crippen molar-refractivity contribution in [2.24, 2.45) is 0 Å². The van der Waals surface area contributed by atoms with Gasteiger partial charge in [0.25, 0.3) is 0 Å². The number of hydrogen-bond donors (Lipinski definition) is 0. The van der Waals surface area contributed by atoms with Gasteiger partial charge in [-0.1, -0.05) is 13.8 Å². The van der Waals surface area contributed by atoms with Crippen LogP contribution in [0.15, 0.2) is 29.0 Å². The maximum absolute atomic E-state index is 4.57. The summed E-state index contributed by atoms with van der Waals surface area (Å²) in [5, 5.41) is 0. The monoisotopic (exact) mass is 304 g/mol. The molecule has 0 radical (unpaired) electrons. The molecule has 2 nitrogen and oxygen atoms in total. The highest BCUT2D eigenvalue weighted by atomic mass is 79.9. The molecule has 0 bridgehead atoms. The first-order valence-corrected chi connectivity index (χ1v) is 7.05. The van der Waals surface area contributed by atoms with Crippen molar-refractivity contribution in [3.8, 4) is 11.3 Å². The van der Waals surface area contributed by atoms with E-state index in [9.17, 15) is 0 Å². The van der Waals surface area contributed by atoms with E-state index in [1.807, 2.05) is 19.3 Å². The van der Waals surface area contributed by atoms with Crippen LogP contribution >= 0.6 is 15.9 Å². The minimum Gasteiger partial charge on any atom is -0.261 e. The maximum Gasteiger partial charge on any atom is 0.0752 e. The number of hydrogen-bond acceptors (Lipinski definition) is 2. The van der Waals surface area contributed by atoms with E-state index in [0.717, 1.165) is 34.3 Å². The van der Waals surface area contributed by atoms with E-state index in [0.29, 0.717) is 0 Å². The molecular formula is C15H17BrN2. The molecule has 2 aromatic rings. The zero-order chi connectivity index (χ0) is 13.1. The van der Waals surface area contributed by atoms with Gasteiger partial charge in [0.15, 0.2) is 0 Å². The van der Waals surface area contributed by atoms with Crippen molar-refractivity contribution in [1.82, 2.24) is 9.97 Å². The molecule has 3 heteroatoms. The molecule has 0 saturated heterocycles. The summed E-state index contributed by atoms with van der Waals surface area (Å²) in [6.45, 7) is 6.34. The lowest BCUT2D eigenvalue weighted by atomic mass is 10.0. The fourth-order valence-electron chi connectivity index (χ4n) is 2.00.